The Morgan fingerprint density at radius 1 is 1.18 bits per heavy atom. The molecule has 0 aliphatic heterocycles. The molecular formula is C13H10N2OS. The standard InChI is InChI=1S/C13H10N2OS/c1-16-11-5-3-2-4-9(11)13-15-10-8-14-7-6-12(10)17-13/h2-8H,1H3. The van der Waals surface area contributed by atoms with Crippen LogP contribution in [0, 0.1) is 0 Å². The molecule has 0 saturated carbocycles. The summed E-state index contributed by atoms with van der Waals surface area (Å²) >= 11 is 1.65. The molecule has 0 aliphatic rings. The number of hydrogen-bond acceptors (Lipinski definition) is 4. The molecule has 84 valence electrons. The van der Waals surface area contributed by atoms with Crippen molar-refractivity contribution < 1.29 is 4.74 Å². The van der Waals surface area contributed by atoms with Crippen molar-refractivity contribution in [3.05, 3.63) is 42.7 Å². The zero-order valence-electron chi connectivity index (χ0n) is 9.25. The van der Waals surface area contributed by atoms with E-state index in [9.17, 15) is 0 Å². The molecule has 0 amide bonds. The molecule has 17 heavy (non-hydrogen) atoms. The number of pyridine rings is 1. The number of aromatic nitrogens is 2. The van der Waals surface area contributed by atoms with Crippen molar-refractivity contribution in [2.45, 2.75) is 0 Å². The molecule has 2 heterocycles. The van der Waals surface area contributed by atoms with E-state index in [4.69, 9.17) is 4.74 Å². The first-order valence-electron chi connectivity index (χ1n) is 5.22. The Labute approximate surface area is 103 Å². The zero-order chi connectivity index (χ0) is 11.7. The Morgan fingerprint density at radius 3 is 2.88 bits per heavy atom. The number of para-hydroxylation sites is 1. The molecule has 0 atom stereocenters. The summed E-state index contributed by atoms with van der Waals surface area (Å²) in [4.78, 5) is 8.64. The average molecular weight is 242 g/mol. The van der Waals surface area contributed by atoms with E-state index in [1.807, 2.05) is 30.3 Å². The van der Waals surface area contributed by atoms with E-state index < -0.39 is 0 Å². The molecule has 0 radical (unpaired) electrons. The lowest BCUT2D eigenvalue weighted by Crippen LogP contribution is -1.86. The minimum atomic E-state index is 0.847. The maximum absolute atomic E-state index is 5.35. The monoisotopic (exact) mass is 242 g/mol. The van der Waals surface area contributed by atoms with Crippen LogP contribution in [0.5, 0.6) is 5.75 Å². The summed E-state index contributed by atoms with van der Waals surface area (Å²) in [6, 6.07) is 9.88. The highest BCUT2D eigenvalue weighted by Crippen LogP contribution is 2.34. The second kappa shape index (κ2) is 4.14. The first kappa shape index (κ1) is 10.2. The van der Waals surface area contributed by atoms with E-state index in [0.717, 1.165) is 26.5 Å². The maximum atomic E-state index is 5.35. The SMILES string of the molecule is COc1ccccc1-c1nc2cnccc2s1. The average Bonchev–Trinajstić information content (AvgIpc) is 2.82. The zero-order valence-corrected chi connectivity index (χ0v) is 10.1. The van der Waals surface area contributed by atoms with E-state index in [-0.39, 0.29) is 0 Å². The van der Waals surface area contributed by atoms with Crippen LogP contribution in [0.4, 0.5) is 0 Å². The largest absolute Gasteiger partial charge is 0.496 e. The molecule has 0 spiro atoms. The minimum absolute atomic E-state index is 0.847. The fourth-order valence-electron chi connectivity index (χ4n) is 1.72. The summed E-state index contributed by atoms with van der Waals surface area (Å²) in [6.45, 7) is 0. The molecule has 0 fully saturated rings. The van der Waals surface area contributed by atoms with E-state index in [1.54, 1.807) is 30.8 Å². The number of fused-ring (bicyclic) bond motifs is 1. The molecule has 3 nitrogen and oxygen atoms in total. The van der Waals surface area contributed by atoms with E-state index >= 15 is 0 Å². The fourth-order valence-corrected chi connectivity index (χ4v) is 2.68. The van der Waals surface area contributed by atoms with Crippen molar-refractivity contribution in [2.75, 3.05) is 7.11 Å². The molecule has 0 saturated heterocycles. The van der Waals surface area contributed by atoms with Gasteiger partial charge < -0.3 is 4.74 Å². The summed E-state index contributed by atoms with van der Waals surface area (Å²) in [5.41, 5.74) is 1.95. The third-order valence-corrected chi connectivity index (χ3v) is 3.60. The van der Waals surface area contributed by atoms with Crippen LogP contribution in [-0.4, -0.2) is 17.1 Å². The number of benzene rings is 1. The van der Waals surface area contributed by atoms with Gasteiger partial charge in [-0.25, -0.2) is 4.98 Å². The van der Waals surface area contributed by atoms with Crippen LogP contribution in [0.25, 0.3) is 20.8 Å². The second-order valence-electron chi connectivity index (χ2n) is 3.56. The highest BCUT2D eigenvalue weighted by molar-refractivity contribution is 7.21. The number of hydrogen-bond donors (Lipinski definition) is 0. The molecule has 0 N–H and O–H groups in total. The molecule has 4 heteroatoms. The van der Waals surface area contributed by atoms with Gasteiger partial charge >= 0.3 is 0 Å². The molecule has 3 rings (SSSR count). The van der Waals surface area contributed by atoms with Gasteiger partial charge in [0.05, 0.1) is 23.6 Å². The maximum Gasteiger partial charge on any atom is 0.129 e. The Kier molecular flexibility index (Phi) is 2.49. The van der Waals surface area contributed by atoms with Crippen LogP contribution < -0.4 is 4.74 Å². The van der Waals surface area contributed by atoms with Crippen molar-refractivity contribution in [3.63, 3.8) is 0 Å². The number of nitrogens with zero attached hydrogens (tertiary/aromatic N) is 2. The van der Waals surface area contributed by atoms with Gasteiger partial charge in [0, 0.05) is 6.20 Å². The van der Waals surface area contributed by atoms with Gasteiger partial charge in [0.1, 0.15) is 16.3 Å². The van der Waals surface area contributed by atoms with Crippen LogP contribution in [-0.2, 0) is 0 Å². The Hall–Kier alpha value is -1.94. The normalized spacial score (nSPS) is 10.6. The highest BCUT2D eigenvalue weighted by atomic mass is 32.1. The van der Waals surface area contributed by atoms with Crippen LogP contribution in [0.3, 0.4) is 0 Å². The van der Waals surface area contributed by atoms with Crippen molar-refractivity contribution in [3.8, 4) is 16.3 Å². The summed E-state index contributed by atoms with van der Waals surface area (Å²) in [6.07, 6.45) is 3.57. The van der Waals surface area contributed by atoms with Gasteiger partial charge in [0.2, 0.25) is 0 Å². The Balaban J connectivity index is 2.20. The van der Waals surface area contributed by atoms with Gasteiger partial charge in [-0.15, -0.1) is 11.3 Å². The number of rotatable bonds is 2. The summed E-state index contributed by atoms with van der Waals surface area (Å²) < 4.78 is 6.49. The number of methoxy groups -OCH3 is 1. The lowest BCUT2D eigenvalue weighted by atomic mass is 10.2. The van der Waals surface area contributed by atoms with Gasteiger partial charge in [-0.1, -0.05) is 12.1 Å². The smallest absolute Gasteiger partial charge is 0.129 e. The van der Waals surface area contributed by atoms with Gasteiger partial charge in [-0.05, 0) is 18.2 Å². The molecule has 0 unspecified atom stereocenters. The molecule has 0 bridgehead atoms. The van der Waals surface area contributed by atoms with E-state index in [0.29, 0.717) is 0 Å². The van der Waals surface area contributed by atoms with Gasteiger partial charge in [-0.3, -0.25) is 4.98 Å². The Morgan fingerprint density at radius 2 is 2.06 bits per heavy atom. The quantitative estimate of drug-likeness (QED) is 0.691. The van der Waals surface area contributed by atoms with Crippen molar-refractivity contribution in [1.82, 2.24) is 9.97 Å². The fraction of sp³-hybridized carbons (Fsp3) is 0.0769. The third-order valence-electron chi connectivity index (χ3n) is 2.53. The second-order valence-corrected chi connectivity index (χ2v) is 4.59. The topological polar surface area (TPSA) is 35.0 Å². The predicted molar refractivity (Wildman–Crippen MR) is 69.4 cm³/mol. The summed E-state index contributed by atoms with van der Waals surface area (Å²) in [5, 5.41) is 0.963. The summed E-state index contributed by atoms with van der Waals surface area (Å²) in [7, 11) is 1.67. The Bertz CT molecular complexity index is 630. The lowest BCUT2D eigenvalue weighted by molar-refractivity contribution is 0.416. The molecule has 1 aromatic carbocycles. The van der Waals surface area contributed by atoms with Crippen LogP contribution in [0.15, 0.2) is 42.7 Å². The van der Waals surface area contributed by atoms with E-state index in [1.165, 1.54) is 0 Å². The van der Waals surface area contributed by atoms with Crippen LogP contribution in [0.2, 0.25) is 0 Å². The first-order valence-corrected chi connectivity index (χ1v) is 6.04. The van der Waals surface area contributed by atoms with Crippen molar-refractivity contribution in [2.24, 2.45) is 0 Å². The third kappa shape index (κ3) is 1.76. The van der Waals surface area contributed by atoms with Crippen molar-refractivity contribution in [1.29, 1.82) is 0 Å². The molecular weight excluding hydrogens is 232 g/mol. The number of ether oxygens (including phenoxy) is 1. The summed E-state index contributed by atoms with van der Waals surface area (Å²) in [5.74, 6) is 0.847. The van der Waals surface area contributed by atoms with Crippen LogP contribution >= 0.6 is 11.3 Å². The van der Waals surface area contributed by atoms with Gasteiger partial charge in [-0.2, -0.15) is 0 Å². The lowest BCUT2D eigenvalue weighted by Gasteiger charge is -2.04. The van der Waals surface area contributed by atoms with Gasteiger partial charge in [0.15, 0.2) is 0 Å². The van der Waals surface area contributed by atoms with Crippen molar-refractivity contribution >= 4 is 21.6 Å². The van der Waals surface area contributed by atoms with Gasteiger partial charge in [0.25, 0.3) is 0 Å². The minimum Gasteiger partial charge on any atom is -0.496 e. The highest BCUT2D eigenvalue weighted by Gasteiger charge is 2.10. The molecule has 0 aliphatic carbocycles. The molecule has 3 aromatic rings. The van der Waals surface area contributed by atoms with Crippen LogP contribution in [0.1, 0.15) is 0 Å². The molecule has 2 aromatic heterocycles. The van der Waals surface area contributed by atoms with E-state index in [2.05, 4.69) is 9.97 Å². The predicted octanol–water partition coefficient (Wildman–Crippen LogP) is 3.37. The first-order chi connectivity index (χ1) is 8.38. The number of thiazole rings is 1.